The fourth-order valence-corrected chi connectivity index (χ4v) is 1.75. The summed E-state index contributed by atoms with van der Waals surface area (Å²) in [4.78, 5) is 0. The molecule has 1 atom stereocenters. The molecule has 0 aromatic rings. The first-order valence-corrected chi connectivity index (χ1v) is 5.31. The van der Waals surface area contributed by atoms with Crippen LogP contribution in [0.15, 0.2) is 0 Å². The maximum atomic E-state index is 11.9. The van der Waals surface area contributed by atoms with Crippen LogP contribution in [-0.4, -0.2) is 31.5 Å². The van der Waals surface area contributed by atoms with Crippen molar-refractivity contribution in [3.63, 3.8) is 0 Å². The number of hydrogen-bond acceptors (Lipinski definition) is 2. The average molecular weight is 225 g/mol. The largest absolute Gasteiger partial charge is 0.389 e. The van der Waals surface area contributed by atoms with Crippen molar-refractivity contribution in [2.24, 2.45) is 0 Å². The summed E-state index contributed by atoms with van der Waals surface area (Å²) < 4.78 is 40.9. The number of alkyl halides is 3. The van der Waals surface area contributed by atoms with Gasteiger partial charge in [-0.05, 0) is 32.7 Å². The number of hydrogen-bond donors (Lipinski definition) is 1. The maximum Gasteiger partial charge on any atom is 0.389 e. The molecule has 1 unspecified atom stereocenters. The fourth-order valence-electron chi connectivity index (χ4n) is 1.75. The molecule has 90 valence electrons. The molecule has 0 saturated carbocycles. The van der Waals surface area contributed by atoms with Crippen LogP contribution in [0.25, 0.3) is 0 Å². The van der Waals surface area contributed by atoms with E-state index in [2.05, 4.69) is 5.32 Å². The van der Waals surface area contributed by atoms with Crippen LogP contribution in [0.3, 0.4) is 0 Å². The molecule has 0 spiro atoms. The highest BCUT2D eigenvalue weighted by Gasteiger charge is 2.29. The molecule has 1 heterocycles. The van der Waals surface area contributed by atoms with Crippen molar-refractivity contribution in [2.75, 3.05) is 19.8 Å². The smallest absolute Gasteiger partial charge is 0.380 e. The van der Waals surface area contributed by atoms with E-state index in [1.165, 1.54) is 0 Å². The van der Waals surface area contributed by atoms with Gasteiger partial charge in [0.25, 0.3) is 0 Å². The summed E-state index contributed by atoms with van der Waals surface area (Å²) in [6.45, 7) is 3.76. The molecule has 0 amide bonds. The zero-order chi connectivity index (χ0) is 11.4. The summed E-state index contributed by atoms with van der Waals surface area (Å²) in [5.41, 5.74) is -0.135. The molecule has 0 bridgehead atoms. The van der Waals surface area contributed by atoms with Crippen LogP contribution in [0, 0.1) is 0 Å². The van der Waals surface area contributed by atoms with Crippen molar-refractivity contribution in [1.82, 2.24) is 5.32 Å². The van der Waals surface area contributed by atoms with E-state index in [4.69, 9.17) is 4.74 Å². The van der Waals surface area contributed by atoms with E-state index in [0.29, 0.717) is 13.2 Å². The van der Waals surface area contributed by atoms with Gasteiger partial charge in [0.05, 0.1) is 6.61 Å². The van der Waals surface area contributed by atoms with Gasteiger partial charge in [-0.25, -0.2) is 0 Å². The van der Waals surface area contributed by atoms with E-state index in [0.717, 1.165) is 19.4 Å². The number of nitrogens with one attached hydrogen (secondary N) is 1. The third-order valence-corrected chi connectivity index (χ3v) is 2.63. The molecule has 0 aromatic heterocycles. The van der Waals surface area contributed by atoms with Crippen LogP contribution in [-0.2, 0) is 4.74 Å². The van der Waals surface area contributed by atoms with Crippen molar-refractivity contribution >= 4 is 0 Å². The van der Waals surface area contributed by atoms with Gasteiger partial charge in [0.2, 0.25) is 0 Å². The zero-order valence-corrected chi connectivity index (χ0v) is 8.99. The lowest BCUT2D eigenvalue weighted by Crippen LogP contribution is -2.49. The normalized spacial score (nSPS) is 28.0. The van der Waals surface area contributed by atoms with Gasteiger partial charge >= 0.3 is 6.18 Å². The minimum atomic E-state index is -4.04. The Morgan fingerprint density at radius 1 is 1.40 bits per heavy atom. The predicted octanol–water partition coefficient (Wildman–Crippen LogP) is 2.49. The van der Waals surface area contributed by atoms with Crippen LogP contribution in [0.5, 0.6) is 0 Å². The molecule has 5 heteroatoms. The third-order valence-electron chi connectivity index (χ3n) is 2.63. The van der Waals surface area contributed by atoms with E-state index >= 15 is 0 Å². The Bertz CT molecular complexity index is 188. The maximum absolute atomic E-state index is 11.9. The summed E-state index contributed by atoms with van der Waals surface area (Å²) in [6.07, 6.45) is -2.66. The average Bonchev–Trinajstić information content (AvgIpc) is 2.12. The Morgan fingerprint density at radius 3 is 2.67 bits per heavy atom. The van der Waals surface area contributed by atoms with Gasteiger partial charge in [-0.2, -0.15) is 13.2 Å². The highest BCUT2D eigenvalue weighted by Crippen LogP contribution is 2.22. The molecule has 0 aliphatic carbocycles. The molecule has 1 N–H and O–H groups in total. The van der Waals surface area contributed by atoms with Crippen LogP contribution in [0.2, 0.25) is 0 Å². The number of halogens is 3. The summed E-state index contributed by atoms with van der Waals surface area (Å²) in [5, 5.41) is 3.15. The number of ether oxygens (including phenoxy) is 1. The van der Waals surface area contributed by atoms with Crippen LogP contribution < -0.4 is 5.32 Å². The third kappa shape index (κ3) is 5.37. The van der Waals surface area contributed by atoms with Crippen LogP contribution >= 0.6 is 0 Å². The van der Waals surface area contributed by atoms with Crippen molar-refractivity contribution in [3.8, 4) is 0 Å². The highest BCUT2D eigenvalue weighted by molar-refractivity contribution is 4.85. The molecule has 0 aromatic carbocycles. The van der Waals surface area contributed by atoms with Gasteiger partial charge in [0, 0.05) is 18.6 Å². The van der Waals surface area contributed by atoms with Crippen molar-refractivity contribution in [1.29, 1.82) is 0 Å². The molecule has 1 rings (SSSR count). The Balaban J connectivity index is 2.13. The van der Waals surface area contributed by atoms with E-state index in [1.54, 1.807) is 0 Å². The fraction of sp³-hybridized carbons (Fsp3) is 1.00. The monoisotopic (exact) mass is 225 g/mol. The molecular formula is C10H18F3NO. The van der Waals surface area contributed by atoms with Crippen LogP contribution in [0.1, 0.15) is 32.6 Å². The van der Waals surface area contributed by atoms with E-state index in [1.807, 2.05) is 6.92 Å². The predicted molar refractivity (Wildman–Crippen MR) is 51.7 cm³/mol. The molecule has 15 heavy (non-hydrogen) atoms. The lowest BCUT2D eigenvalue weighted by atomic mass is 9.95. The summed E-state index contributed by atoms with van der Waals surface area (Å²) in [7, 11) is 0. The first-order chi connectivity index (χ1) is 6.91. The second-order valence-electron chi connectivity index (χ2n) is 4.36. The van der Waals surface area contributed by atoms with Gasteiger partial charge in [0.15, 0.2) is 0 Å². The van der Waals surface area contributed by atoms with Gasteiger partial charge in [-0.1, -0.05) is 0 Å². The second kappa shape index (κ2) is 5.16. The molecule has 0 radical (unpaired) electrons. The van der Waals surface area contributed by atoms with Gasteiger partial charge in [0.1, 0.15) is 0 Å². The minimum Gasteiger partial charge on any atom is -0.380 e. The molecule has 1 saturated heterocycles. The SMILES string of the molecule is CC1(NCCCC(F)(F)F)CCCOC1. The highest BCUT2D eigenvalue weighted by atomic mass is 19.4. The minimum absolute atomic E-state index is 0.135. The summed E-state index contributed by atoms with van der Waals surface area (Å²) in [5.74, 6) is 0. The van der Waals surface area contributed by atoms with Crippen molar-refractivity contribution in [2.45, 2.75) is 44.3 Å². The Hall–Kier alpha value is -0.290. The van der Waals surface area contributed by atoms with Crippen molar-refractivity contribution in [3.05, 3.63) is 0 Å². The molecule has 2 nitrogen and oxygen atoms in total. The topological polar surface area (TPSA) is 21.3 Å². The molecular weight excluding hydrogens is 207 g/mol. The van der Waals surface area contributed by atoms with E-state index in [9.17, 15) is 13.2 Å². The Morgan fingerprint density at radius 2 is 2.13 bits per heavy atom. The standard InChI is InChI=1S/C10H18F3NO/c1-9(4-3-7-15-8-9)14-6-2-5-10(11,12)13/h14H,2-8H2,1H3. The second-order valence-corrected chi connectivity index (χ2v) is 4.36. The van der Waals surface area contributed by atoms with Gasteiger partial charge in [-0.3, -0.25) is 0 Å². The van der Waals surface area contributed by atoms with Gasteiger partial charge in [-0.15, -0.1) is 0 Å². The molecule has 1 aliphatic rings. The Labute approximate surface area is 88.2 Å². The zero-order valence-electron chi connectivity index (χ0n) is 8.99. The van der Waals surface area contributed by atoms with E-state index in [-0.39, 0.29) is 12.0 Å². The lowest BCUT2D eigenvalue weighted by molar-refractivity contribution is -0.135. The summed E-state index contributed by atoms with van der Waals surface area (Å²) in [6, 6.07) is 0. The lowest BCUT2D eigenvalue weighted by Gasteiger charge is -2.34. The van der Waals surface area contributed by atoms with Gasteiger partial charge < -0.3 is 10.1 Å². The van der Waals surface area contributed by atoms with Crippen molar-refractivity contribution < 1.29 is 17.9 Å². The Kier molecular flexibility index (Phi) is 4.40. The first-order valence-electron chi connectivity index (χ1n) is 5.31. The van der Waals surface area contributed by atoms with E-state index < -0.39 is 12.6 Å². The van der Waals surface area contributed by atoms with Crippen LogP contribution in [0.4, 0.5) is 13.2 Å². The molecule has 1 fully saturated rings. The molecule has 1 aliphatic heterocycles. The summed E-state index contributed by atoms with van der Waals surface area (Å²) >= 11 is 0. The first kappa shape index (κ1) is 12.8. The quantitative estimate of drug-likeness (QED) is 0.742. The number of rotatable bonds is 4.